The molecule has 0 unspecified atom stereocenters. The molecule has 0 aliphatic rings. The predicted octanol–water partition coefficient (Wildman–Crippen LogP) is 5.61. The topological polar surface area (TPSA) is 182 Å². The smallest absolute Gasteiger partial charge is 0.449 e. The fourth-order valence-electron chi connectivity index (χ4n) is 3.51. The highest BCUT2D eigenvalue weighted by Crippen LogP contribution is 2.35. The normalized spacial score (nSPS) is 10.9. The monoisotopic (exact) mass is 656 g/mol. The van der Waals surface area contributed by atoms with Gasteiger partial charge in [-0.05, 0) is 24.3 Å². The van der Waals surface area contributed by atoms with E-state index in [1.807, 2.05) is 6.79 Å². The molecule has 0 saturated carbocycles. The Hall–Kier alpha value is -5.87. The SMILES string of the molecule is C=O.COC(=O)c1ccc(C(=O)c2cc(C(F)(F)F)oc2N)cc1.COC(=O)c1ccc(C(=O)c2cc(C(F)(F)F)oc2N)cc1. The van der Waals surface area contributed by atoms with Crippen LogP contribution in [0.25, 0.3) is 0 Å². The van der Waals surface area contributed by atoms with Gasteiger partial charge in [-0.15, -0.1) is 0 Å². The van der Waals surface area contributed by atoms with Gasteiger partial charge in [0, 0.05) is 23.3 Å². The molecule has 2 aromatic heterocycles. The van der Waals surface area contributed by atoms with Crippen molar-refractivity contribution in [1.82, 2.24) is 0 Å². The number of ketones is 2. The van der Waals surface area contributed by atoms with E-state index in [0.717, 1.165) is 0 Å². The Bertz CT molecular complexity index is 1580. The average molecular weight is 656 g/mol. The maximum absolute atomic E-state index is 12.5. The fraction of sp³-hybridized carbons (Fsp3) is 0.138. The third-order valence-corrected chi connectivity index (χ3v) is 5.71. The summed E-state index contributed by atoms with van der Waals surface area (Å²) in [5.41, 5.74) is 10.4. The standard InChI is InChI=1S/2C14H10F3NO4.CH2O/c2*1-21-13(20)8-4-2-7(3-5-8)11(19)9-6-10(14(15,16)17)22-12(9)18;1-2/h2*2-6H,18H2,1H3;1H2. The van der Waals surface area contributed by atoms with Crippen LogP contribution < -0.4 is 11.5 Å². The van der Waals surface area contributed by atoms with E-state index < -0.39 is 70.3 Å². The first-order valence-corrected chi connectivity index (χ1v) is 12.2. The number of methoxy groups -OCH3 is 2. The van der Waals surface area contributed by atoms with Crippen molar-refractivity contribution >= 4 is 42.1 Å². The molecule has 0 atom stereocenters. The Balaban J connectivity index is 0.000000304. The number of ether oxygens (including phenoxy) is 2. The van der Waals surface area contributed by atoms with E-state index >= 15 is 0 Å². The third kappa shape index (κ3) is 8.61. The van der Waals surface area contributed by atoms with E-state index in [2.05, 4.69) is 18.3 Å². The molecule has 2 aromatic carbocycles. The first-order chi connectivity index (χ1) is 21.5. The molecule has 0 saturated heterocycles. The molecule has 0 aliphatic heterocycles. The number of esters is 2. The minimum Gasteiger partial charge on any atom is -0.465 e. The summed E-state index contributed by atoms with van der Waals surface area (Å²) in [6.07, 6.45) is -9.47. The summed E-state index contributed by atoms with van der Waals surface area (Å²) < 4.78 is 92.8. The van der Waals surface area contributed by atoms with Gasteiger partial charge in [-0.2, -0.15) is 26.3 Å². The van der Waals surface area contributed by atoms with Crippen LogP contribution >= 0.6 is 0 Å². The van der Waals surface area contributed by atoms with Gasteiger partial charge in [0.15, 0.2) is 11.6 Å². The second-order valence-corrected chi connectivity index (χ2v) is 8.57. The second kappa shape index (κ2) is 14.7. The molecule has 17 heteroatoms. The van der Waals surface area contributed by atoms with Crippen LogP contribution in [0.15, 0.2) is 69.5 Å². The van der Waals surface area contributed by atoms with Gasteiger partial charge < -0.3 is 34.6 Å². The number of hydrogen-bond acceptors (Lipinski definition) is 11. The summed E-state index contributed by atoms with van der Waals surface area (Å²) in [5, 5.41) is 0. The van der Waals surface area contributed by atoms with Gasteiger partial charge in [0.05, 0.1) is 36.5 Å². The van der Waals surface area contributed by atoms with Crippen LogP contribution in [0.2, 0.25) is 0 Å². The summed E-state index contributed by atoms with van der Waals surface area (Å²) in [7, 11) is 2.40. The number of furan rings is 2. The molecule has 0 spiro atoms. The second-order valence-electron chi connectivity index (χ2n) is 8.57. The van der Waals surface area contributed by atoms with E-state index in [-0.39, 0.29) is 22.3 Å². The number of anilines is 2. The maximum atomic E-state index is 12.5. The fourth-order valence-corrected chi connectivity index (χ4v) is 3.51. The van der Waals surface area contributed by atoms with Gasteiger partial charge in [-0.1, -0.05) is 24.3 Å². The summed E-state index contributed by atoms with van der Waals surface area (Å²) >= 11 is 0. The van der Waals surface area contributed by atoms with Crippen molar-refractivity contribution in [2.45, 2.75) is 12.4 Å². The lowest BCUT2D eigenvalue weighted by Crippen LogP contribution is -2.05. The predicted molar refractivity (Wildman–Crippen MR) is 146 cm³/mol. The number of hydrogen-bond donors (Lipinski definition) is 2. The Morgan fingerprint density at radius 2 is 0.848 bits per heavy atom. The minimum atomic E-state index is -4.73. The van der Waals surface area contributed by atoms with Crippen molar-refractivity contribution in [2.75, 3.05) is 25.7 Å². The highest BCUT2D eigenvalue weighted by molar-refractivity contribution is 6.12. The van der Waals surface area contributed by atoms with Crippen LogP contribution in [0.5, 0.6) is 0 Å². The van der Waals surface area contributed by atoms with Crippen molar-refractivity contribution in [1.29, 1.82) is 0 Å². The quantitative estimate of drug-likeness (QED) is 0.149. The number of nitrogen functional groups attached to an aromatic ring is 2. The molecule has 0 amide bonds. The maximum Gasteiger partial charge on any atom is 0.449 e. The molecule has 244 valence electrons. The molecule has 2 heterocycles. The van der Waals surface area contributed by atoms with Gasteiger partial charge in [0.2, 0.25) is 23.3 Å². The van der Waals surface area contributed by atoms with Crippen molar-refractivity contribution in [3.8, 4) is 0 Å². The Morgan fingerprint density at radius 3 is 1.07 bits per heavy atom. The zero-order valence-corrected chi connectivity index (χ0v) is 23.6. The van der Waals surface area contributed by atoms with Crippen LogP contribution in [-0.2, 0) is 26.6 Å². The Labute approximate surface area is 254 Å². The molecule has 46 heavy (non-hydrogen) atoms. The minimum absolute atomic E-state index is 0.0638. The molecule has 0 radical (unpaired) electrons. The van der Waals surface area contributed by atoms with Crippen molar-refractivity contribution in [2.24, 2.45) is 0 Å². The van der Waals surface area contributed by atoms with E-state index in [9.17, 15) is 45.5 Å². The van der Waals surface area contributed by atoms with E-state index in [1.54, 1.807) is 0 Å². The Morgan fingerprint density at radius 1 is 0.587 bits per heavy atom. The molecule has 4 rings (SSSR count). The lowest BCUT2D eigenvalue weighted by Gasteiger charge is -2.01. The van der Waals surface area contributed by atoms with Crippen LogP contribution in [-0.4, -0.2) is 44.5 Å². The number of alkyl halides is 6. The molecular weight excluding hydrogens is 634 g/mol. The largest absolute Gasteiger partial charge is 0.465 e. The summed E-state index contributed by atoms with van der Waals surface area (Å²) in [5.74, 6) is -6.61. The van der Waals surface area contributed by atoms with Gasteiger partial charge in [0.1, 0.15) is 6.79 Å². The van der Waals surface area contributed by atoms with Gasteiger partial charge in [0.25, 0.3) is 0 Å². The van der Waals surface area contributed by atoms with E-state index in [1.165, 1.54) is 62.8 Å². The average Bonchev–Trinajstić information content (AvgIpc) is 3.64. The third-order valence-electron chi connectivity index (χ3n) is 5.71. The van der Waals surface area contributed by atoms with E-state index in [4.69, 9.17) is 16.3 Å². The van der Waals surface area contributed by atoms with Gasteiger partial charge >= 0.3 is 24.3 Å². The number of halogens is 6. The summed E-state index contributed by atoms with van der Waals surface area (Å²) in [6, 6.07) is 11.5. The van der Waals surface area contributed by atoms with E-state index in [0.29, 0.717) is 12.1 Å². The first kappa shape index (κ1) is 36.3. The number of rotatable bonds is 6. The number of benzene rings is 2. The molecule has 11 nitrogen and oxygen atoms in total. The lowest BCUT2D eigenvalue weighted by molar-refractivity contribution is -0.153. The zero-order chi connectivity index (χ0) is 35.0. The van der Waals surface area contributed by atoms with Gasteiger partial charge in [-0.25, -0.2) is 9.59 Å². The zero-order valence-electron chi connectivity index (χ0n) is 23.6. The number of nitrogens with two attached hydrogens (primary N) is 2. The first-order valence-electron chi connectivity index (χ1n) is 12.2. The molecule has 4 N–H and O–H groups in total. The lowest BCUT2D eigenvalue weighted by atomic mass is 10.0. The molecule has 0 bridgehead atoms. The molecule has 0 fully saturated rings. The highest BCUT2D eigenvalue weighted by atomic mass is 19.4. The summed E-state index contributed by atoms with van der Waals surface area (Å²) in [4.78, 5) is 54.8. The van der Waals surface area contributed by atoms with Crippen molar-refractivity contribution in [3.63, 3.8) is 0 Å². The van der Waals surface area contributed by atoms with Crippen molar-refractivity contribution < 1.29 is 68.6 Å². The van der Waals surface area contributed by atoms with Crippen LogP contribution in [0.3, 0.4) is 0 Å². The van der Waals surface area contributed by atoms with Crippen LogP contribution in [0, 0.1) is 0 Å². The summed E-state index contributed by atoms with van der Waals surface area (Å²) in [6.45, 7) is 2.00. The number of carbonyl (C=O) groups is 5. The Kier molecular flexibility index (Phi) is 11.6. The molecule has 0 aliphatic carbocycles. The highest BCUT2D eigenvalue weighted by Gasteiger charge is 2.38. The number of carbonyl (C=O) groups excluding carboxylic acids is 5. The van der Waals surface area contributed by atoms with Crippen molar-refractivity contribution in [3.05, 3.63) is 106 Å². The molecule has 4 aromatic rings. The molecular formula is C29H22F6N2O9. The van der Waals surface area contributed by atoms with Gasteiger partial charge in [-0.3, -0.25) is 9.59 Å². The van der Waals surface area contributed by atoms with Crippen LogP contribution in [0.4, 0.5) is 38.1 Å². The van der Waals surface area contributed by atoms with Crippen LogP contribution in [0.1, 0.15) is 64.1 Å².